The van der Waals surface area contributed by atoms with E-state index in [0.29, 0.717) is 58.8 Å². The van der Waals surface area contributed by atoms with Gasteiger partial charge in [-0.3, -0.25) is 9.59 Å². The van der Waals surface area contributed by atoms with E-state index in [1.165, 1.54) is 66.9 Å². The molecule has 0 saturated heterocycles. The van der Waals surface area contributed by atoms with Gasteiger partial charge >= 0.3 is 6.18 Å². The Morgan fingerprint density at radius 1 is 0.433 bits per heavy atom. The van der Waals surface area contributed by atoms with E-state index in [2.05, 4.69) is 119 Å². The summed E-state index contributed by atoms with van der Waals surface area (Å²) >= 11 is 0. The van der Waals surface area contributed by atoms with Crippen LogP contribution in [0.15, 0.2) is 194 Å². The number of aliphatic hydroxyl groups is 2. The summed E-state index contributed by atoms with van der Waals surface area (Å²) in [7, 11) is 0. The van der Waals surface area contributed by atoms with Crippen molar-refractivity contribution in [3.8, 4) is 45.0 Å². The standard InChI is InChI=1S/2C22H22N.2C18H16N.C14H26O2.C13H21F3O2.2Ir/c2*1-15-11-16(2)13-20(12-15)22-21-8-7-18(17-5-3-4-6-17)14-19(21)9-10-23-22;2*1-12-4-5-17-15(9-12)6-7-19-18(17)16-10-13(2)8-14(3)11-16;1-6-11(7-2)12(15)10-13(16)14(5,8-3)9-4;1-4-9(5-2)11(17)7-12(18)10(6-3)8-13(14,15)16;;/h2*7-12,14,17H,3-6H2,1-2H3;2*4-10H,1-3H3;10-11,16H,6-9H2,1-5H3;7,9-10,18H,4-6,8H2,1-3H3;;/q4*-1;;;;/i2D3,9D,10D;1D3,10D;6D,7D;7D;;;;. The number of hydrogen-bond acceptors (Lipinski definition) is 8. The van der Waals surface area contributed by atoms with Crippen LogP contribution >= 0.6 is 0 Å². The Morgan fingerprint density at radius 3 is 1.18 bits per heavy atom. The zero-order chi connectivity index (χ0) is 95.8. The van der Waals surface area contributed by atoms with Crippen molar-refractivity contribution < 1.29 is 89.6 Å². The maximum atomic E-state index is 12.3. The first-order chi connectivity index (χ1) is 61.2. The van der Waals surface area contributed by atoms with Crippen LogP contribution in [0.5, 0.6) is 0 Å². The minimum atomic E-state index is -4.33. The molecule has 14 rings (SSSR count). The number of alkyl halides is 3. The Bertz CT molecular complexity index is 6050. The number of aromatic nitrogens is 4. The largest absolute Gasteiger partial charge is 0.512 e. The number of halogens is 3. The first-order valence-electron chi connectivity index (χ1n) is 47.9. The maximum Gasteiger partial charge on any atom is 0.389 e. The van der Waals surface area contributed by atoms with E-state index in [4.69, 9.17) is 16.4 Å². The van der Waals surface area contributed by atoms with Gasteiger partial charge in [-0.05, 0) is 198 Å². The van der Waals surface area contributed by atoms with Crippen LogP contribution in [0.3, 0.4) is 0 Å². The Balaban J connectivity index is 0.000000218. The summed E-state index contributed by atoms with van der Waals surface area (Å²) in [6.45, 7) is 26.8. The van der Waals surface area contributed by atoms with Gasteiger partial charge in [0.25, 0.3) is 0 Å². The van der Waals surface area contributed by atoms with Gasteiger partial charge in [-0.25, -0.2) is 0 Å². The van der Waals surface area contributed by atoms with E-state index in [9.17, 15) is 33.0 Å². The minimum absolute atomic E-state index is 0. The molecule has 8 nitrogen and oxygen atoms in total. The van der Waals surface area contributed by atoms with Crippen molar-refractivity contribution in [2.75, 3.05) is 0 Å². The van der Waals surface area contributed by atoms with Crippen LogP contribution in [0.25, 0.3) is 88.1 Å². The molecule has 2 fully saturated rings. The molecule has 0 spiro atoms. The number of carbonyl (C=O) groups is 2. The Kier molecular flexibility index (Phi) is 31.1. The van der Waals surface area contributed by atoms with Crippen LogP contribution in [0.1, 0.15) is 253 Å². The minimum Gasteiger partial charge on any atom is -0.512 e. The van der Waals surface area contributed by atoms with Crippen molar-refractivity contribution in [3.63, 3.8) is 0 Å². The molecular formula is C107H123F3Ir2N4O4-4. The Labute approximate surface area is 757 Å². The number of nitrogens with zero attached hydrogens (tertiary/aromatic N) is 4. The first-order valence-corrected chi connectivity index (χ1v) is 41.9. The molecule has 0 amide bonds. The summed E-state index contributed by atoms with van der Waals surface area (Å²) in [5.74, 6) is -0.510. The van der Waals surface area contributed by atoms with Crippen LogP contribution in [-0.2, 0) is 49.8 Å². The molecule has 8 aromatic carbocycles. The summed E-state index contributed by atoms with van der Waals surface area (Å²) in [6.07, 6.45) is 12.0. The number of allylic oxidation sites excluding steroid dienone is 4. The monoisotopic (exact) mass is 1980 g/mol. The predicted octanol–water partition coefficient (Wildman–Crippen LogP) is 29.9. The number of ketones is 2. The van der Waals surface area contributed by atoms with E-state index in [0.717, 1.165) is 138 Å². The maximum absolute atomic E-state index is 12.3. The number of aliphatic hydroxyl groups excluding tert-OH is 2. The fourth-order valence-electron chi connectivity index (χ4n) is 15.8. The fourth-order valence-corrected chi connectivity index (χ4v) is 15.8. The van der Waals surface area contributed by atoms with Crippen molar-refractivity contribution in [1.29, 1.82) is 0 Å². The third-order valence-electron chi connectivity index (χ3n) is 22.9. The molecule has 2 saturated carbocycles. The number of hydrogen-bond donors (Lipinski definition) is 2. The van der Waals surface area contributed by atoms with Gasteiger partial charge in [0.05, 0.1) is 20.4 Å². The van der Waals surface area contributed by atoms with Gasteiger partial charge in [0, 0.05) is 108 Å². The fraction of sp³-hybridized carbons (Fsp3) is 0.383. The second kappa shape index (κ2) is 46.2. The van der Waals surface area contributed by atoms with E-state index >= 15 is 0 Å². The second-order valence-electron chi connectivity index (χ2n) is 32.2. The summed E-state index contributed by atoms with van der Waals surface area (Å²) in [5.41, 5.74) is 16.8. The summed E-state index contributed by atoms with van der Waals surface area (Å²) in [5, 5.41) is 26.8. The van der Waals surface area contributed by atoms with E-state index in [1.807, 2.05) is 139 Å². The number of aryl methyl sites for hydroxylation is 10. The second-order valence-corrected chi connectivity index (χ2v) is 32.2. The molecule has 1 atom stereocenters. The molecule has 0 bridgehead atoms. The van der Waals surface area contributed by atoms with Gasteiger partial charge < -0.3 is 30.1 Å². The third-order valence-corrected chi connectivity index (χ3v) is 22.9. The van der Waals surface area contributed by atoms with Gasteiger partial charge in [0.1, 0.15) is 5.76 Å². The number of benzene rings is 8. The molecule has 1 unspecified atom stereocenters. The van der Waals surface area contributed by atoms with Gasteiger partial charge in [-0.1, -0.05) is 220 Å². The summed E-state index contributed by atoms with van der Waals surface area (Å²) in [6, 6.07) is 56.4. The van der Waals surface area contributed by atoms with Gasteiger partial charge in [-0.2, -0.15) is 13.2 Å². The number of rotatable bonds is 20. The molecule has 0 aliphatic heterocycles. The molecule has 12 aromatic rings. The Hall–Kier alpha value is -9.09. The molecule has 4 aromatic heterocycles. The van der Waals surface area contributed by atoms with Crippen molar-refractivity contribution in [1.82, 2.24) is 19.9 Å². The van der Waals surface area contributed by atoms with Crippen LogP contribution in [0.4, 0.5) is 13.2 Å². The molecule has 13 heteroatoms. The van der Waals surface area contributed by atoms with Crippen LogP contribution in [0, 0.1) is 117 Å². The van der Waals surface area contributed by atoms with Gasteiger partial charge in [0.2, 0.25) is 0 Å². The van der Waals surface area contributed by atoms with Crippen LogP contribution in [-0.4, -0.2) is 47.9 Å². The van der Waals surface area contributed by atoms with E-state index in [-0.39, 0.29) is 123 Å². The van der Waals surface area contributed by atoms with Crippen molar-refractivity contribution in [3.05, 3.63) is 285 Å². The van der Waals surface area contributed by atoms with E-state index in [1.54, 1.807) is 31.2 Å². The number of carbonyl (C=O) groups excluding carboxylic acids is 2. The molecule has 2 aliphatic rings. The van der Waals surface area contributed by atoms with Crippen molar-refractivity contribution in [2.24, 2.45) is 23.2 Å². The van der Waals surface area contributed by atoms with Crippen molar-refractivity contribution >= 4 is 54.7 Å². The molecule has 120 heavy (non-hydrogen) atoms. The molecule has 2 N–H and O–H groups in total. The summed E-state index contributed by atoms with van der Waals surface area (Å²) in [4.78, 5) is 41.0. The number of fused-ring (bicyclic) bond motifs is 4. The zero-order valence-corrected chi connectivity index (χ0v) is 77.1. The van der Waals surface area contributed by atoms with Crippen LogP contribution < -0.4 is 0 Å². The van der Waals surface area contributed by atoms with Crippen LogP contribution in [0.2, 0.25) is 0 Å². The Morgan fingerprint density at radius 2 is 0.775 bits per heavy atom. The van der Waals surface area contributed by atoms with E-state index < -0.39 is 38.0 Å². The molecule has 4 heterocycles. The average molecular weight is 1980 g/mol. The average Bonchev–Trinajstić information content (AvgIpc) is 0.918. The smallest absolute Gasteiger partial charge is 0.389 e. The SMILES string of the molecule is CCC(CC)C(=O)C=C(O)C(C)(CC)CC.CCC(CC)C(=O)C=C(O)C(CC)CC(F)(F)F.[2H]c1cc2cc(C)ccc2c(-c2[c-]c(C)cc(C)c2)n1.[2H]c1cc2cc(C3CCCC3)ccc2c(-c2[c-]c(C)cc(C([2H])([2H])[2H])c2)n1.[2H]c1nc(-c2[c-]c(C([2H])([2H])[2H])cc(C)c2)c2ccc(C3CCCC3)cc2c1[2H].[2H]c1nc(-c2[c-]c(C)cc(C)c2)c2ccc(C)cc2c1[2H].[Ir].[Ir]. The predicted molar refractivity (Wildman–Crippen MR) is 487 cm³/mol. The molecule has 2 radical (unpaired) electrons. The van der Waals surface area contributed by atoms with Gasteiger partial charge in [-0.15, -0.1) is 140 Å². The number of pyridine rings is 4. The molecule has 2 aliphatic carbocycles. The van der Waals surface area contributed by atoms with Crippen molar-refractivity contribution in [2.45, 2.75) is 245 Å². The zero-order valence-electron chi connectivity index (χ0n) is 84.4. The summed E-state index contributed by atoms with van der Waals surface area (Å²) < 4.78 is 132. The topological polar surface area (TPSA) is 126 Å². The molecular weight excluding hydrogens is 1850 g/mol. The first kappa shape index (κ1) is 80.6. The normalized spacial score (nSPS) is 15.0. The third kappa shape index (κ3) is 27.2. The quantitative estimate of drug-likeness (QED) is 0.0439. The van der Waals surface area contributed by atoms with Gasteiger partial charge in [0.15, 0.2) is 11.6 Å². The molecule has 638 valence electrons.